The van der Waals surface area contributed by atoms with Crippen LogP contribution in [0.15, 0.2) is 29.2 Å². The Bertz CT molecular complexity index is 545. The molecule has 2 nitrogen and oxygen atoms in total. The van der Waals surface area contributed by atoms with Crippen LogP contribution in [0, 0.1) is 0 Å². The third-order valence-electron chi connectivity index (χ3n) is 3.19. The first-order chi connectivity index (χ1) is 8.49. The second kappa shape index (κ2) is 5.15. The van der Waals surface area contributed by atoms with Gasteiger partial charge in [-0.05, 0) is 23.5 Å². The van der Waals surface area contributed by atoms with Crippen LogP contribution in [-0.2, 0) is 15.3 Å². The van der Waals surface area contributed by atoms with Gasteiger partial charge >= 0.3 is 6.18 Å². The summed E-state index contributed by atoms with van der Waals surface area (Å²) in [6, 6.07) is 5.90. The summed E-state index contributed by atoms with van der Waals surface area (Å²) in [5, 5.41) is 0. The molecule has 0 unspecified atom stereocenters. The lowest BCUT2D eigenvalue weighted by atomic mass is 9.82. The molecule has 0 aliphatic rings. The molecule has 1 aromatic rings. The Morgan fingerprint density at radius 3 is 2.11 bits per heavy atom. The molecule has 0 amide bonds. The Labute approximate surface area is 111 Å². The van der Waals surface area contributed by atoms with Crippen molar-refractivity contribution in [1.82, 2.24) is 0 Å². The Kier molecular flexibility index (Phi) is 4.34. The fourth-order valence-electron chi connectivity index (χ4n) is 1.78. The van der Waals surface area contributed by atoms with Crippen molar-refractivity contribution < 1.29 is 21.6 Å². The van der Waals surface area contributed by atoms with Gasteiger partial charge < -0.3 is 0 Å². The predicted molar refractivity (Wildman–Crippen MR) is 67.9 cm³/mol. The van der Waals surface area contributed by atoms with Gasteiger partial charge in [0.1, 0.15) is 0 Å². The summed E-state index contributed by atoms with van der Waals surface area (Å²) in [7, 11) is -4.37. The van der Waals surface area contributed by atoms with Crippen LogP contribution >= 0.6 is 0 Å². The maximum Gasteiger partial charge on any atom is 0.403 e. The van der Waals surface area contributed by atoms with Crippen LogP contribution in [0.2, 0.25) is 0 Å². The summed E-state index contributed by atoms with van der Waals surface area (Å²) < 4.78 is 60.9. The van der Waals surface area contributed by atoms with E-state index in [-0.39, 0.29) is 4.90 Å². The Hall–Kier alpha value is -1.04. The molecule has 0 saturated carbocycles. The molecule has 0 N–H and O–H groups in total. The maximum absolute atomic E-state index is 12.4. The molecular weight excluding hydrogens is 277 g/mol. The SMILES string of the molecule is CCC(C)(C)c1ccccc1S(=O)(=O)CC(F)(F)F. The van der Waals surface area contributed by atoms with Gasteiger partial charge in [-0.2, -0.15) is 13.2 Å². The number of sulfone groups is 1. The van der Waals surface area contributed by atoms with E-state index in [0.29, 0.717) is 12.0 Å². The van der Waals surface area contributed by atoms with Crippen molar-refractivity contribution in [3.8, 4) is 0 Å². The molecule has 1 aromatic carbocycles. The van der Waals surface area contributed by atoms with E-state index >= 15 is 0 Å². The fraction of sp³-hybridized carbons (Fsp3) is 0.538. The van der Waals surface area contributed by atoms with E-state index < -0.39 is 27.2 Å². The van der Waals surface area contributed by atoms with E-state index in [4.69, 9.17) is 0 Å². The van der Waals surface area contributed by atoms with Gasteiger partial charge in [0.2, 0.25) is 0 Å². The van der Waals surface area contributed by atoms with Crippen molar-refractivity contribution in [1.29, 1.82) is 0 Å². The first kappa shape index (κ1) is 16.0. The minimum atomic E-state index is -4.73. The zero-order chi connectivity index (χ0) is 14.9. The van der Waals surface area contributed by atoms with Gasteiger partial charge in [-0.15, -0.1) is 0 Å². The summed E-state index contributed by atoms with van der Waals surface area (Å²) in [5.74, 6) is -1.82. The summed E-state index contributed by atoms with van der Waals surface area (Å²) in [4.78, 5) is -0.223. The van der Waals surface area contributed by atoms with Crippen LogP contribution in [0.1, 0.15) is 32.8 Å². The number of halogens is 3. The van der Waals surface area contributed by atoms with E-state index in [9.17, 15) is 21.6 Å². The highest BCUT2D eigenvalue weighted by molar-refractivity contribution is 7.91. The van der Waals surface area contributed by atoms with Gasteiger partial charge in [-0.3, -0.25) is 0 Å². The van der Waals surface area contributed by atoms with Crippen molar-refractivity contribution in [2.45, 2.75) is 43.7 Å². The maximum atomic E-state index is 12.4. The Balaban J connectivity index is 3.37. The van der Waals surface area contributed by atoms with Crippen LogP contribution in [0.5, 0.6) is 0 Å². The Morgan fingerprint density at radius 2 is 1.63 bits per heavy atom. The molecule has 0 saturated heterocycles. The molecule has 6 heteroatoms. The average molecular weight is 294 g/mol. The van der Waals surface area contributed by atoms with Gasteiger partial charge in [0.05, 0.1) is 4.90 Å². The number of benzene rings is 1. The highest BCUT2D eigenvalue weighted by atomic mass is 32.2. The molecule has 0 heterocycles. The van der Waals surface area contributed by atoms with Crippen LogP contribution in [0.4, 0.5) is 13.2 Å². The summed E-state index contributed by atoms with van der Waals surface area (Å²) >= 11 is 0. The second-order valence-electron chi connectivity index (χ2n) is 5.11. The van der Waals surface area contributed by atoms with Crippen molar-refractivity contribution in [2.75, 3.05) is 5.75 Å². The lowest BCUT2D eigenvalue weighted by Crippen LogP contribution is -2.26. The van der Waals surface area contributed by atoms with E-state index in [0.717, 1.165) is 0 Å². The van der Waals surface area contributed by atoms with E-state index in [1.54, 1.807) is 12.1 Å². The Morgan fingerprint density at radius 1 is 1.11 bits per heavy atom. The van der Waals surface area contributed by atoms with Crippen LogP contribution in [0.25, 0.3) is 0 Å². The summed E-state index contributed by atoms with van der Waals surface area (Å²) in [6.45, 7) is 5.50. The second-order valence-corrected chi connectivity index (χ2v) is 7.07. The van der Waals surface area contributed by atoms with Crippen LogP contribution in [-0.4, -0.2) is 20.3 Å². The minimum absolute atomic E-state index is 0.223. The molecule has 0 spiro atoms. The van der Waals surface area contributed by atoms with Crippen LogP contribution < -0.4 is 0 Å². The van der Waals surface area contributed by atoms with Gasteiger partial charge in [-0.25, -0.2) is 8.42 Å². The van der Waals surface area contributed by atoms with Crippen LogP contribution in [0.3, 0.4) is 0 Å². The highest BCUT2D eigenvalue weighted by Gasteiger charge is 2.38. The standard InChI is InChI=1S/C13H17F3O2S/c1-4-12(2,3)10-7-5-6-8-11(10)19(17,18)9-13(14,15)16/h5-8H,4,9H2,1-3H3. The molecule has 0 aliphatic heterocycles. The van der Waals surface area contributed by atoms with Gasteiger partial charge in [0.15, 0.2) is 15.6 Å². The molecule has 1 rings (SSSR count). The van der Waals surface area contributed by atoms with Gasteiger partial charge in [0.25, 0.3) is 0 Å². The first-order valence-electron chi connectivity index (χ1n) is 5.88. The number of alkyl halides is 3. The molecule has 108 valence electrons. The molecule has 0 fully saturated rings. The first-order valence-corrected chi connectivity index (χ1v) is 7.54. The number of hydrogen-bond donors (Lipinski definition) is 0. The highest BCUT2D eigenvalue weighted by Crippen LogP contribution is 2.33. The fourth-order valence-corrected chi connectivity index (χ4v) is 3.33. The van der Waals surface area contributed by atoms with E-state index in [1.165, 1.54) is 12.1 Å². The predicted octanol–water partition coefficient (Wildman–Crippen LogP) is 3.71. The molecular formula is C13H17F3O2S. The number of rotatable bonds is 4. The molecule has 0 aromatic heterocycles. The zero-order valence-electron chi connectivity index (χ0n) is 11.1. The van der Waals surface area contributed by atoms with Crippen molar-refractivity contribution in [3.05, 3.63) is 29.8 Å². The third-order valence-corrected chi connectivity index (χ3v) is 4.92. The quantitative estimate of drug-likeness (QED) is 0.848. The van der Waals surface area contributed by atoms with Crippen molar-refractivity contribution >= 4 is 9.84 Å². The summed E-state index contributed by atoms with van der Waals surface area (Å²) in [6.07, 6.45) is -4.10. The zero-order valence-corrected chi connectivity index (χ0v) is 11.9. The molecule has 0 radical (unpaired) electrons. The van der Waals surface area contributed by atoms with Crippen molar-refractivity contribution in [3.63, 3.8) is 0 Å². The van der Waals surface area contributed by atoms with Gasteiger partial charge in [0, 0.05) is 0 Å². The normalized spacial score (nSPS) is 13.6. The van der Waals surface area contributed by atoms with Gasteiger partial charge in [-0.1, -0.05) is 39.0 Å². The van der Waals surface area contributed by atoms with Crippen molar-refractivity contribution in [2.24, 2.45) is 0 Å². The monoisotopic (exact) mass is 294 g/mol. The lowest BCUT2D eigenvalue weighted by Gasteiger charge is -2.26. The number of hydrogen-bond acceptors (Lipinski definition) is 2. The summed E-state index contributed by atoms with van der Waals surface area (Å²) in [5.41, 5.74) is -0.0586. The smallest absolute Gasteiger partial charge is 0.223 e. The molecule has 0 aliphatic carbocycles. The van der Waals surface area contributed by atoms with E-state index in [1.807, 2.05) is 20.8 Å². The molecule has 0 bridgehead atoms. The largest absolute Gasteiger partial charge is 0.403 e. The topological polar surface area (TPSA) is 34.1 Å². The minimum Gasteiger partial charge on any atom is -0.223 e. The molecule has 0 atom stereocenters. The average Bonchev–Trinajstić information content (AvgIpc) is 2.26. The lowest BCUT2D eigenvalue weighted by molar-refractivity contribution is -0.106. The van der Waals surface area contributed by atoms with E-state index in [2.05, 4.69) is 0 Å². The molecule has 19 heavy (non-hydrogen) atoms. The third kappa shape index (κ3) is 3.96.